The molecular formula is C26H22ClFN2O3. The summed E-state index contributed by atoms with van der Waals surface area (Å²) in [6.07, 6.45) is 0. The van der Waals surface area contributed by atoms with Crippen molar-refractivity contribution < 1.29 is 18.7 Å². The molecule has 0 spiro atoms. The smallest absolute Gasteiger partial charge is 0.356 e. The largest absolute Gasteiger partial charge is 0.488 e. The van der Waals surface area contributed by atoms with Crippen LogP contribution in [0, 0.1) is 12.7 Å². The van der Waals surface area contributed by atoms with Crippen LogP contribution in [-0.4, -0.2) is 22.1 Å². The monoisotopic (exact) mass is 464 g/mol. The first-order valence-corrected chi connectivity index (χ1v) is 10.8. The third kappa shape index (κ3) is 4.91. The Labute approximate surface area is 196 Å². The number of nitrogens with zero attached hydrogens (tertiary/aromatic N) is 2. The minimum absolute atomic E-state index is 0.0671. The molecule has 0 radical (unpaired) electrons. The number of hydrogen-bond acceptors (Lipinski definition) is 4. The van der Waals surface area contributed by atoms with E-state index in [2.05, 4.69) is 4.98 Å². The zero-order valence-corrected chi connectivity index (χ0v) is 19.0. The van der Waals surface area contributed by atoms with E-state index in [1.54, 1.807) is 55.5 Å². The lowest BCUT2D eigenvalue weighted by Gasteiger charge is -2.16. The SMILES string of the molecule is CCOC(=O)c1cccc(-n2c(C)ccc2-c2cc(Cl)ccc2OCc2ccccc2F)n1. The molecule has 7 heteroatoms. The first-order valence-electron chi connectivity index (χ1n) is 10.5. The van der Waals surface area contributed by atoms with Crippen LogP contribution in [-0.2, 0) is 11.3 Å². The fourth-order valence-corrected chi connectivity index (χ4v) is 3.69. The van der Waals surface area contributed by atoms with E-state index in [0.717, 1.165) is 17.0 Å². The Hall–Kier alpha value is -3.64. The molecule has 0 saturated carbocycles. The van der Waals surface area contributed by atoms with E-state index in [-0.39, 0.29) is 24.7 Å². The lowest BCUT2D eigenvalue weighted by molar-refractivity contribution is 0.0519. The normalized spacial score (nSPS) is 10.8. The molecule has 0 fully saturated rings. The molecule has 0 aliphatic rings. The van der Waals surface area contributed by atoms with Gasteiger partial charge in [-0.15, -0.1) is 0 Å². The van der Waals surface area contributed by atoms with Crippen LogP contribution in [0.2, 0.25) is 5.02 Å². The molecule has 0 amide bonds. The second-order valence-electron chi connectivity index (χ2n) is 7.32. The highest BCUT2D eigenvalue weighted by atomic mass is 35.5. The third-order valence-corrected chi connectivity index (χ3v) is 5.32. The van der Waals surface area contributed by atoms with Gasteiger partial charge in [-0.05, 0) is 62.4 Å². The Balaban J connectivity index is 1.74. The molecule has 4 rings (SSSR count). The van der Waals surface area contributed by atoms with Crippen LogP contribution in [0.5, 0.6) is 5.75 Å². The summed E-state index contributed by atoms with van der Waals surface area (Å²) in [6.45, 7) is 4.02. The number of hydrogen-bond donors (Lipinski definition) is 0. The Bertz CT molecular complexity index is 1300. The first kappa shape index (κ1) is 22.6. The number of carbonyl (C=O) groups excluding carboxylic acids is 1. The van der Waals surface area contributed by atoms with E-state index >= 15 is 0 Å². The predicted octanol–water partition coefficient (Wildman–Crippen LogP) is 6.40. The number of pyridine rings is 1. The topological polar surface area (TPSA) is 53.4 Å². The van der Waals surface area contributed by atoms with Gasteiger partial charge in [-0.1, -0.05) is 35.9 Å². The number of carbonyl (C=O) groups is 1. The van der Waals surface area contributed by atoms with Crippen molar-refractivity contribution in [1.29, 1.82) is 0 Å². The second-order valence-corrected chi connectivity index (χ2v) is 7.75. The summed E-state index contributed by atoms with van der Waals surface area (Å²) >= 11 is 6.31. The van der Waals surface area contributed by atoms with Gasteiger partial charge in [0.15, 0.2) is 5.69 Å². The Morgan fingerprint density at radius 3 is 2.67 bits per heavy atom. The molecule has 0 saturated heterocycles. The van der Waals surface area contributed by atoms with Crippen LogP contribution in [0.1, 0.15) is 28.7 Å². The lowest BCUT2D eigenvalue weighted by Crippen LogP contribution is -2.10. The summed E-state index contributed by atoms with van der Waals surface area (Å²) in [5.74, 6) is 0.288. The Morgan fingerprint density at radius 2 is 1.88 bits per heavy atom. The maximum Gasteiger partial charge on any atom is 0.356 e. The summed E-state index contributed by atoms with van der Waals surface area (Å²) in [7, 11) is 0. The highest BCUT2D eigenvalue weighted by molar-refractivity contribution is 6.31. The average Bonchev–Trinajstić information content (AvgIpc) is 3.20. The van der Waals surface area contributed by atoms with Crippen molar-refractivity contribution >= 4 is 17.6 Å². The number of esters is 1. The molecule has 5 nitrogen and oxygen atoms in total. The van der Waals surface area contributed by atoms with Crippen LogP contribution in [0.3, 0.4) is 0 Å². The van der Waals surface area contributed by atoms with Crippen molar-refractivity contribution in [3.63, 3.8) is 0 Å². The number of halogens is 2. The first-order chi connectivity index (χ1) is 16.0. The fraction of sp³-hybridized carbons (Fsp3) is 0.154. The highest BCUT2D eigenvalue weighted by Gasteiger charge is 2.17. The third-order valence-electron chi connectivity index (χ3n) is 5.08. The van der Waals surface area contributed by atoms with Gasteiger partial charge in [-0.25, -0.2) is 14.2 Å². The zero-order chi connectivity index (χ0) is 23.4. The van der Waals surface area contributed by atoms with E-state index < -0.39 is 5.97 Å². The number of ether oxygens (including phenoxy) is 2. The maximum absolute atomic E-state index is 14.1. The van der Waals surface area contributed by atoms with Crippen LogP contribution in [0.25, 0.3) is 17.1 Å². The van der Waals surface area contributed by atoms with Crippen molar-refractivity contribution in [3.8, 4) is 22.8 Å². The van der Waals surface area contributed by atoms with Gasteiger partial charge >= 0.3 is 5.97 Å². The van der Waals surface area contributed by atoms with Crippen LogP contribution < -0.4 is 4.74 Å². The van der Waals surface area contributed by atoms with Crippen molar-refractivity contribution in [1.82, 2.24) is 9.55 Å². The average molecular weight is 465 g/mol. The molecule has 0 N–H and O–H groups in total. The maximum atomic E-state index is 14.1. The number of aryl methyl sites for hydroxylation is 1. The fourth-order valence-electron chi connectivity index (χ4n) is 3.52. The second kappa shape index (κ2) is 9.88. The zero-order valence-electron chi connectivity index (χ0n) is 18.2. The highest BCUT2D eigenvalue weighted by Crippen LogP contribution is 2.36. The van der Waals surface area contributed by atoms with E-state index in [1.807, 2.05) is 29.7 Å². The minimum Gasteiger partial charge on any atom is -0.488 e. The molecule has 2 aromatic heterocycles. The molecule has 33 heavy (non-hydrogen) atoms. The van der Waals surface area contributed by atoms with Gasteiger partial charge in [0.2, 0.25) is 0 Å². The summed E-state index contributed by atoms with van der Waals surface area (Å²) in [5, 5.41) is 0.530. The van der Waals surface area contributed by atoms with E-state index in [9.17, 15) is 9.18 Å². The number of rotatable bonds is 7. The summed E-state index contributed by atoms with van der Waals surface area (Å²) in [5.41, 5.74) is 3.06. The van der Waals surface area contributed by atoms with Crippen molar-refractivity contribution in [2.24, 2.45) is 0 Å². The summed E-state index contributed by atoms with van der Waals surface area (Å²) < 4.78 is 27.1. The quantitative estimate of drug-likeness (QED) is 0.297. The molecule has 2 aromatic carbocycles. The lowest BCUT2D eigenvalue weighted by atomic mass is 10.1. The molecular weight excluding hydrogens is 443 g/mol. The van der Waals surface area contributed by atoms with Crippen molar-refractivity contribution in [2.75, 3.05) is 6.61 Å². The molecule has 0 aliphatic carbocycles. The van der Waals surface area contributed by atoms with Crippen LogP contribution >= 0.6 is 11.6 Å². The molecule has 4 aromatic rings. The van der Waals surface area contributed by atoms with Crippen molar-refractivity contribution in [3.05, 3.63) is 101 Å². The van der Waals surface area contributed by atoms with Gasteiger partial charge in [0.25, 0.3) is 0 Å². The van der Waals surface area contributed by atoms with Gasteiger partial charge in [-0.2, -0.15) is 0 Å². The van der Waals surface area contributed by atoms with Crippen LogP contribution in [0.15, 0.2) is 72.8 Å². The predicted molar refractivity (Wildman–Crippen MR) is 125 cm³/mol. The number of benzene rings is 2. The van der Waals surface area contributed by atoms with E-state index in [0.29, 0.717) is 22.2 Å². The summed E-state index contributed by atoms with van der Waals surface area (Å²) in [4.78, 5) is 16.7. The Kier molecular flexibility index (Phi) is 6.75. The molecule has 0 aliphatic heterocycles. The molecule has 0 unspecified atom stereocenters. The van der Waals surface area contributed by atoms with E-state index in [4.69, 9.17) is 21.1 Å². The molecule has 168 valence electrons. The minimum atomic E-state index is -0.484. The van der Waals surface area contributed by atoms with Crippen molar-refractivity contribution in [2.45, 2.75) is 20.5 Å². The van der Waals surface area contributed by atoms with Crippen LogP contribution in [0.4, 0.5) is 4.39 Å². The van der Waals surface area contributed by atoms with Gasteiger partial charge < -0.3 is 9.47 Å². The van der Waals surface area contributed by atoms with Gasteiger partial charge in [0.1, 0.15) is 24.0 Å². The molecule has 0 atom stereocenters. The molecule has 2 heterocycles. The van der Waals surface area contributed by atoms with Gasteiger partial charge in [-0.3, -0.25) is 4.57 Å². The summed E-state index contributed by atoms with van der Waals surface area (Å²) in [6, 6.07) is 20.8. The van der Waals surface area contributed by atoms with Gasteiger partial charge in [0, 0.05) is 21.8 Å². The van der Waals surface area contributed by atoms with Gasteiger partial charge in [0.05, 0.1) is 12.3 Å². The Morgan fingerprint density at radius 1 is 1.06 bits per heavy atom. The standard InChI is InChI=1S/C26H22ClFN2O3/c1-3-32-26(31)22-9-6-10-25(29-22)30-17(2)11-13-23(30)20-15-19(27)12-14-24(20)33-16-18-7-4-5-8-21(18)28/h4-15H,3,16H2,1-2H3. The van der Waals surface area contributed by atoms with E-state index in [1.165, 1.54) is 6.07 Å². The molecule has 0 bridgehead atoms. The number of aromatic nitrogens is 2.